The zero-order valence-electron chi connectivity index (χ0n) is 12.6. The molecule has 1 aliphatic carbocycles. The molecule has 0 aromatic rings. The first-order chi connectivity index (χ1) is 9.41. The van der Waals surface area contributed by atoms with E-state index in [-0.39, 0.29) is 11.6 Å². The van der Waals surface area contributed by atoms with Gasteiger partial charge < -0.3 is 9.80 Å². The van der Waals surface area contributed by atoms with E-state index in [9.17, 15) is 9.59 Å². The van der Waals surface area contributed by atoms with Gasteiger partial charge in [0.1, 0.15) is 0 Å². The van der Waals surface area contributed by atoms with Crippen molar-refractivity contribution < 1.29 is 9.59 Å². The second-order valence-electron chi connectivity index (χ2n) is 5.15. The van der Waals surface area contributed by atoms with Crippen molar-refractivity contribution in [2.24, 2.45) is 0 Å². The zero-order valence-corrected chi connectivity index (χ0v) is 12.6. The van der Waals surface area contributed by atoms with Crippen molar-refractivity contribution in [3.05, 3.63) is 47.9 Å². The van der Waals surface area contributed by atoms with E-state index in [0.717, 1.165) is 0 Å². The van der Waals surface area contributed by atoms with E-state index >= 15 is 0 Å². The number of nitrogens with zero attached hydrogens (tertiary/aromatic N) is 2. The third-order valence-corrected chi connectivity index (χ3v) is 2.82. The maximum atomic E-state index is 12.0. The van der Waals surface area contributed by atoms with Crippen molar-refractivity contribution in [1.29, 1.82) is 0 Å². The molecule has 1 aliphatic rings. The molecule has 0 aromatic carbocycles. The van der Waals surface area contributed by atoms with Crippen LogP contribution < -0.4 is 0 Å². The molecule has 1 saturated carbocycles. The van der Waals surface area contributed by atoms with Crippen LogP contribution in [0, 0.1) is 0 Å². The number of allylic oxidation sites excluding steroid dienone is 6. The van der Waals surface area contributed by atoms with Gasteiger partial charge in [-0.25, -0.2) is 0 Å². The molecule has 1 rings (SSSR count). The first-order valence-electron chi connectivity index (χ1n) is 6.58. The van der Waals surface area contributed by atoms with Crippen molar-refractivity contribution in [1.82, 2.24) is 9.80 Å². The van der Waals surface area contributed by atoms with Crippen molar-refractivity contribution in [2.75, 3.05) is 28.2 Å². The van der Waals surface area contributed by atoms with Crippen LogP contribution in [0.5, 0.6) is 0 Å². The minimum Gasteiger partial charge on any atom is -0.383 e. The van der Waals surface area contributed by atoms with Crippen LogP contribution in [0.2, 0.25) is 0 Å². The van der Waals surface area contributed by atoms with Gasteiger partial charge in [-0.05, 0) is 37.4 Å². The van der Waals surface area contributed by atoms with Gasteiger partial charge in [-0.15, -0.1) is 0 Å². The van der Waals surface area contributed by atoms with Gasteiger partial charge in [-0.1, -0.05) is 12.2 Å². The number of ketones is 2. The summed E-state index contributed by atoms with van der Waals surface area (Å²) >= 11 is 0. The fourth-order valence-corrected chi connectivity index (χ4v) is 1.77. The summed E-state index contributed by atoms with van der Waals surface area (Å²) in [6.07, 6.45) is 12.0. The Morgan fingerprint density at radius 1 is 0.750 bits per heavy atom. The largest absolute Gasteiger partial charge is 0.383 e. The number of hydrogen-bond acceptors (Lipinski definition) is 4. The lowest BCUT2D eigenvalue weighted by Crippen LogP contribution is -2.23. The van der Waals surface area contributed by atoms with Crippen molar-refractivity contribution >= 4 is 11.6 Å². The van der Waals surface area contributed by atoms with E-state index in [1.165, 1.54) is 0 Å². The fraction of sp³-hybridized carbons (Fsp3) is 0.375. The average molecular weight is 274 g/mol. The number of Topliss-reactive ketones (excluding diaryl/α,β-unsaturated/α-hetero) is 2. The quantitative estimate of drug-likeness (QED) is 0.580. The molecule has 0 bridgehead atoms. The molecule has 0 atom stereocenters. The van der Waals surface area contributed by atoms with Gasteiger partial charge in [0.05, 0.1) is 0 Å². The van der Waals surface area contributed by atoms with Crippen LogP contribution in [0.1, 0.15) is 12.8 Å². The van der Waals surface area contributed by atoms with Gasteiger partial charge in [0.15, 0.2) is 0 Å². The lowest BCUT2D eigenvalue weighted by Gasteiger charge is -2.14. The molecule has 0 unspecified atom stereocenters. The van der Waals surface area contributed by atoms with E-state index in [1.807, 2.05) is 50.4 Å². The summed E-state index contributed by atoms with van der Waals surface area (Å²) in [6, 6.07) is 0. The Balaban J connectivity index is 2.77. The number of rotatable bonds is 4. The van der Waals surface area contributed by atoms with Gasteiger partial charge in [-0.2, -0.15) is 0 Å². The highest BCUT2D eigenvalue weighted by Crippen LogP contribution is 2.22. The summed E-state index contributed by atoms with van der Waals surface area (Å²) in [5.41, 5.74) is 1.17. The summed E-state index contributed by atoms with van der Waals surface area (Å²) in [6.45, 7) is 0. The third kappa shape index (κ3) is 4.88. The van der Waals surface area contributed by atoms with Crippen LogP contribution in [0.3, 0.4) is 0 Å². The monoisotopic (exact) mass is 274 g/mol. The molecule has 0 spiro atoms. The standard InChI is InChI=1S/C16H22N2O2/c1-17(2)11-5-7-13-9-10-14(16(20)15(13)19)8-6-12-18(3)4/h5-8,11-12H,9-10H2,1-4H3/b11-5+,12-6+,13-7-,14-8+. The van der Waals surface area contributed by atoms with Crippen LogP contribution in [0.15, 0.2) is 47.9 Å². The van der Waals surface area contributed by atoms with E-state index in [0.29, 0.717) is 24.0 Å². The Kier molecular flexibility index (Phi) is 5.97. The predicted octanol–water partition coefficient (Wildman–Crippen LogP) is 1.92. The summed E-state index contributed by atoms with van der Waals surface area (Å²) in [5.74, 6) is -0.770. The Hall–Kier alpha value is -2.10. The van der Waals surface area contributed by atoms with Gasteiger partial charge in [0.25, 0.3) is 0 Å². The number of hydrogen-bond donors (Lipinski definition) is 0. The van der Waals surface area contributed by atoms with E-state index < -0.39 is 0 Å². The van der Waals surface area contributed by atoms with Crippen LogP contribution >= 0.6 is 0 Å². The van der Waals surface area contributed by atoms with E-state index in [2.05, 4.69) is 0 Å². The summed E-state index contributed by atoms with van der Waals surface area (Å²) in [7, 11) is 7.61. The van der Waals surface area contributed by atoms with Gasteiger partial charge >= 0.3 is 0 Å². The SMILES string of the molecule is CN(C)/C=C/C=C1/CC/C(=C\C=C\N(C)C)C(=O)C1=O. The molecule has 0 saturated heterocycles. The maximum Gasteiger partial charge on any atom is 0.229 e. The molecule has 20 heavy (non-hydrogen) atoms. The van der Waals surface area contributed by atoms with Crippen LogP contribution in [0.25, 0.3) is 0 Å². The molecular formula is C16H22N2O2. The first kappa shape index (κ1) is 16.0. The number of carbonyl (C=O) groups is 2. The molecule has 0 heterocycles. The van der Waals surface area contributed by atoms with Crippen LogP contribution in [-0.4, -0.2) is 49.6 Å². The number of carbonyl (C=O) groups excluding carboxylic acids is 2. The molecule has 1 fully saturated rings. The molecule has 108 valence electrons. The van der Waals surface area contributed by atoms with Gasteiger partial charge in [-0.3, -0.25) is 9.59 Å². The maximum absolute atomic E-state index is 12.0. The smallest absolute Gasteiger partial charge is 0.229 e. The molecule has 0 amide bonds. The van der Waals surface area contributed by atoms with Crippen molar-refractivity contribution in [2.45, 2.75) is 12.8 Å². The van der Waals surface area contributed by atoms with Gasteiger partial charge in [0.2, 0.25) is 11.6 Å². The van der Waals surface area contributed by atoms with Gasteiger partial charge in [0, 0.05) is 39.3 Å². The zero-order chi connectivity index (χ0) is 15.1. The molecule has 4 heteroatoms. The normalized spacial score (nSPS) is 20.6. The lowest BCUT2D eigenvalue weighted by atomic mass is 9.87. The van der Waals surface area contributed by atoms with Crippen LogP contribution in [-0.2, 0) is 9.59 Å². The molecular weight excluding hydrogens is 252 g/mol. The Morgan fingerprint density at radius 2 is 1.10 bits per heavy atom. The minimum atomic E-state index is -0.385. The Labute approximate surface area is 120 Å². The average Bonchev–Trinajstić information content (AvgIpc) is 2.36. The summed E-state index contributed by atoms with van der Waals surface area (Å²) < 4.78 is 0. The molecule has 0 N–H and O–H groups in total. The van der Waals surface area contributed by atoms with E-state index in [4.69, 9.17) is 0 Å². The fourth-order valence-electron chi connectivity index (χ4n) is 1.77. The second-order valence-corrected chi connectivity index (χ2v) is 5.15. The highest BCUT2D eigenvalue weighted by Gasteiger charge is 2.27. The summed E-state index contributed by atoms with van der Waals surface area (Å²) in [4.78, 5) is 27.7. The minimum absolute atomic E-state index is 0.385. The van der Waals surface area contributed by atoms with E-state index in [1.54, 1.807) is 24.3 Å². The first-order valence-corrected chi connectivity index (χ1v) is 6.58. The Morgan fingerprint density at radius 3 is 1.40 bits per heavy atom. The molecule has 0 aromatic heterocycles. The van der Waals surface area contributed by atoms with Crippen molar-refractivity contribution in [3.8, 4) is 0 Å². The molecule has 0 radical (unpaired) electrons. The third-order valence-electron chi connectivity index (χ3n) is 2.82. The summed E-state index contributed by atoms with van der Waals surface area (Å²) in [5, 5.41) is 0. The highest BCUT2D eigenvalue weighted by molar-refractivity contribution is 6.49. The Bertz CT molecular complexity index is 449. The highest BCUT2D eigenvalue weighted by atomic mass is 16.2. The molecule has 0 aliphatic heterocycles. The topological polar surface area (TPSA) is 40.6 Å². The molecule has 4 nitrogen and oxygen atoms in total. The van der Waals surface area contributed by atoms with Crippen LogP contribution in [0.4, 0.5) is 0 Å². The second kappa shape index (κ2) is 7.48. The lowest BCUT2D eigenvalue weighted by molar-refractivity contribution is -0.132. The van der Waals surface area contributed by atoms with Crippen molar-refractivity contribution in [3.63, 3.8) is 0 Å². The predicted molar refractivity (Wildman–Crippen MR) is 81.1 cm³/mol.